The van der Waals surface area contributed by atoms with Crippen LogP contribution in [0.25, 0.3) is 0 Å². The van der Waals surface area contributed by atoms with Crippen LogP contribution in [0.3, 0.4) is 0 Å². The van der Waals surface area contributed by atoms with Gasteiger partial charge in [-0.25, -0.2) is 15.4 Å². The first-order chi connectivity index (χ1) is 9.33. The molecule has 1 unspecified atom stereocenters. The Balaban J connectivity index is 2.05. The molecule has 5 nitrogen and oxygen atoms in total. The minimum Gasteiger partial charge on any atom is -0.301 e. The van der Waals surface area contributed by atoms with Crippen LogP contribution in [0.1, 0.15) is 11.6 Å². The van der Waals surface area contributed by atoms with Crippen LogP contribution < -0.4 is 10.4 Å². The summed E-state index contributed by atoms with van der Waals surface area (Å²) in [6.07, 6.45) is 4.54. The molecule has 96 valence electrons. The standard InChI is InChI=1S/C13H12N4OS/c1-19-13-14-7-6-12(15-13)17-11-5-3-2-4-9(11)10(8-18)16-17/h2-8,10,16H,1H3. The molecule has 2 heterocycles. The number of hydrazine groups is 1. The number of fused-ring (bicyclic) bond motifs is 1. The van der Waals surface area contributed by atoms with Gasteiger partial charge < -0.3 is 4.79 Å². The van der Waals surface area contributed by atoms with Crippen molar-refractivity contribution in [3.8, 4) is 0 Å². The highest BCUT2D eigenvalue weighted by Crippen LogP contribution is 2.35. The molecule has 1 atom stereocenters. The molecule has 1 aliphatic heterocycles. The zero-order valence-electron chi connectivity index (χ0n) is 10.3. The van der Waals surface area contributed by atoms with E-state index in [1.165, 1.54) is 11.8 Å². The number of nitrogens with zero attached hydrogens (tertiary/aromatic N) is 3. The molecule has 1 aromatic carbocycles. The number of carbonyl (C=O) groups excluding carboxylic acids is 1. The number of aldehydes is 1. The number of hydrogen-bond donors (Lipinski definition) is 1. The molecule has 1 N–H and O–H groups in total. The lowest BCUT2D eigenvalue weighted by Crippen LogP contribution is -2.31. The second kappa shape index (κ2) is 4.99. The maximum Gasteiger partial charge on any atom is 0.189 e. The van der Waals surface area contributed by atoms with Gasteiger partial charge in [0.2, 0.25) is 0 Å². The molecule has 19 heavy (non-hydrogen) atoms. The fraction of sp³-hybridized carbons (Fsp3) is 0.154. The van der Waals surface area contributed by atoms with Crippen molar-refractivity contribution in [2.45, 2.75) is 11.2 Å². The molecule has 0 aliphatic carbocycles. The second-order valence-corrected chi connectivity index (χ2v) is 4.81. The van der Waals surface area contributed by atoms with Crippen LogP contribution in [0.4, 0.5) is 11.5 Å². The minimum absolute atomic E-state index is 0.330. The third-order valence-corrected chi connectivity index (χ3v) is 3.51. The normalized spacial score (nSPS) is 17.3. The predicted molar refractivity (Wildman–Crippen MR) is 74.3 cm³/mol. The van der Waals surface area contributed by atoms with Crippen LogP contribution in [0, 0.1) is 0 Å². The van der Waals surface area contributed by atoms with E-state index in [9.17, 15) is 4.79 Å². The largest absolute Gasteiger partial charge is 0.301 e. The van der Waals surface area contributed by atoms with Crippen molar-refractivity contribution in [3.05, 3.63) is 42.1 Å². The molecule has 0 spiro atoms. The monoisotopic (exact) mass is 272 g/mol. The molecular formula is C13H12N4OS. The van der Waals surface area contributed by atoms with Crippen molar-refractivity contribution in [3.63, 3.8) is 0 Å². The fourth-order valence-electron chi connectivity index (χ4n) is 2.08. The van der Waals surface area contributed by atoms with Gasteiger partial charge >= 0.3 is 0 Å². The molecule has 0 saturated heterocycles. The average Bonchev–Trinajstić information content (AvgIpc) is 2.86. The summed E-state index contributed by atoms with van der Waals surface area (Å²) in [7, 11) is 0. The Bertz CT molecular complexity index is 619. The third kappa shape index (κ3) is 2.09. The second-order valence-electron chi connectivity index (χ2n) is 4.04. The van der Waals surface area contributed by atoms with Gasteiger partial charge in [-0.2, -0.15) is 0 Å². The van der Waals surface area contributed by atoms with Crippen LogP contribution in [0.2, 0.25) is 0 Å². The number of nitrogens with one attached hydrogen (secondary N) is 1. The van der Waals surface area contributed by atoms with E-state index in [4.69, 9.17) is 0 Å². The summed E-state index contributed by atoms with van der Waals surface area (Å²) >= 11 is 1.48. The van der Waals surface area contributed by atoms with Crippen molar-refractivity contribution in [1.29, 1.82) is 0 Å². The molecule has 0 amide bonds. The van der Waals surface area contributed by atoms with Crippen LogP contribution in [-0.4, -0.2) is 22.5 Å². The Labute approximate surface area is 115 Å². The van der Waals surface area contributed by atoms with Crippen molar-refractivity contribution in [2.24, 2.45) is 0 Å². The first-order valence-corrected chi connectivity index (χ1v) is 7.03. The van der Waals surface area contributed by atoms with Gasteiger partial charge in [-0.3, -0.25) is 5.01 Å². The predicted octanol–water partition coefficient (Wildman–Crippen LogP) is 2.09. The zero-order valence-corrected chi connectivity index (χ0v) is 11.1. The number of anilines is 2. The summed E-state index contributed by atoms with van der Waals surface area (Å²) < 4.78 is 0. The van der Waals surface area contributed by atoms with Gasteiger partial charge in [0.25, 0.3) is 0 Å². The van der Waals surface area contributed by atoms with Gasteiger partial charge in [-0.15, -0.1) is 0 Å². The van der Waals surface area contributed by atoms with Gasteiger partial charge in [0.1, 0.15) is 12.3 Å². The van der Waals surface area contributed by atoms with Gasteiger partial charge in [0, 0.05) is 17.8 Å². The van der Waals surface area contributed by atoms with Crippen LogP contribution in [-0.2, 0) is 4.79 Å². The highest BCUT2D eigenvalue weighted by atomic mass is 32.2. The number of benzene rings is 1. The van der Waals surface area contributed by atoms with E-state index in [0.29, 0.717) is 5.16 Å². The highest BCUT2D eigenvalue weighted by Gasteiger charge is 2.29. The zero-order chi connectivity index (χ0) is 13.2. The third-order valence-electron chi connectivity index (χ3n) is 2.95. The molecule has 0 saturated carbocycles. The number of carbonyl (C=O) groups is 1. The van der Waals surface area contributed by atoms with Gasteiger partial charge in [0.15, 0.2) is 11.0 Å². The maximum atomic E-state index is 11.1. The lowest BCUT2D eigenvalue weighted by molar-refractivity contribution is -0.109. The Morgan fingerprint density at radius 1 is 1.37 bits per heavy atom. The first-order valence-electron chi connectivity index (χ1n) is 5.81. The quantitative estimate of drug-likeness (QED) is 0.524. The number of thioether (sulfide) groups is 1. The Morgan fingerprint density at radius 2 is 2.21 bits per heavy atom. The van der Waals surface area contributed by atoms with E-state index in [1.54, 1.807) is 6.20 Å². The Kier molecular flexibility index (Phi) is 3.18. The van der Waals surface area contributed by atoms with Crippen LogP contribution in [0.5, 0.6) is 0 Å². The van der Waals surface area contributed by atoms with E-state index in [1.807, 2.05) is 41.6 Å². The fourth-order valence-corrected chi connectivity index (χ4v) is 2.43. The molecule has 0 radical (unpaired) electrons. The molecule has 6 heteroatoms. The lowest BCUT2D eigenvalue weighted by atomic mass is 10.1. The number of aromatic nitrogens is 2. The number of rotatable bonds is 3. The molecule has 1 aliphatic rings. The summed E-state index contributed by atoms with van der Waals surface area (Å²) in [5.41, 5.74) is 5.05. The van der Waals surface area contributed by atoms with E-state index >= 15 is 0 Å². The summed E-state index contributed by atoms with van der Waals surface area (Å²) in [5, 5.41) is 2.53. The van der Waals surface area contributed by atoms with Gasteiger partial charge in [-0.1, -0.05) is 30.0 Å². The van der Waals surface area contributed by atoms with E-state index in [0.717, 1.165) is 23.4 Å². The average molecular weight is 272 g/mol. The van der Waals surface area contributed by atoms with Crippen LogP contribution >= 0.6 is 11.8 Å². The Hall–Kier alpha value is -1.92. The molecular weight excluding hydrogens is 260 g/mol. The van der Waals surface area contributed by atoms with Crippen molar-refractivity contribution >= 4 is 29.6 Å². The molecule has 0 bridgehead atoms. The van der Waals surface area contributed by atoms with Gasteiger partial charge in [-0.05, 0) is 12.3 Å². The maximum absolute atomic E-state index is 11.1. The highest BCUT2D eigenvalue weighted by molar-refractivity contribution is 7.98. The van der Waals surface area contributed by atoms with Crippen molar-refractivity contribution < 1.29 is 4.79 Å². The van der Waals surface area contributed by atoms with Gasteiger partial charge in [0.05, 0.1) is 5.69 Å². The lowest BCUT2D eigenvalue weighted by Gasteiger charge is -2.18. The molecule has 0 fully saturated rings. The topological polar surface area (TPSA) is 58.1 Å². The number of hydrogen-bond acceptors (Lipinski definition) is 6. The molecule has 1 aromatic heterocycles. The van der Waals surface area contributed by atoms with Crippen LogP contribution in [0.15, 0.2) is 41.7 Å². The SMILES string of the molecule is CSc1nccc(N2NC(C=O)c3ccccc32)n1. The summed E-state index contributed by atoms with van der Waals surface area (Å²) in [6, 6.07) is 9.26. The summed E-state index contributed by atoms with van der Waals surface area (Å²) in [6.45, 7) is 0. The summed E-state index contributed by atoms with van der Waals surface area (Å²) in [4.78, 5) is 19.7. The Morgan fingerprint density at radius 3 is 3.00 bits per heavy atom. The molecule has 3 rings (SSSR count). The van der Waals surface area contributed by atoms with Crippen molar-refractivity contribution in [2.75, 3.05) is 11.3 Å². The van der Waals surface area contributed by atoms with Crippen molar-refractivity contribution in [1.82, 2.24) is 15.4 Å². The number of para-hydroxylation sites is 1. The van der Waals surface area contributed by atoms with E-state index in [-0.39, 0.29) is 6.04 Å². The van der Waals surface area contributed by atoms with E-state index in [2.05, 4.69) is 15.4 Å². The van der Waals surface area contributed by atoms with E-state index < -0.39 is 0 Å². The minimum atomic E-state index is -0.330. The summed E-state index contributed by atoms with van der Waals surface area (Å²) in [5.74, 6) is 0.733. The smallest absolute Gasteiger partial charge is 0.189 e. The molecule has 2 aromatic rings. The first kappa shape index (κ1) is 12.1.